The van der Waals surface area contributed by atoms with Gasteiger partial charge in [-0.1, -0.05) is 12.8 Å². The van der Waals surface area contributed by atoms with Crippen LogP contribution in [0.25, 0.3) is 0 Å². The Morgan fingerprint density at radius 1 is 1.39 bits per heavy atom. The second kappa shape index (κ2) is 6.52. The zero-order valence-electron chi connectivity index (χ0n) is 11.3. The first-order valence-electron chi connectivity index (χ1n) is 6.48. The molecule has 0 spiro atoms. The summed E-state index contributed by atoms with van der Waals surface area (Å²) in [5, 5.41) is 0. The fourth-order valence-electron chi connectivity index (χ4n) is 2.42. The van der Waals surface area contributed by atoms with Crippen LogP contribution in [-0.4, -0.2) is 50.9 Å². The van der Waals surface area contributed by atoms with Crippen LogP contribution in [0, 0.1) is 5.92 Å². The lowest BCUT2D eigenvalue weighted by Gasteiger charge is -2.24. The Morgan fingerprint density at radius 3 is 2.44 bits per heavy atom. The van der Waals surface area contributed by atoms with Crippen molar-refractivity contribution in [2.75, 3.05) is 25.6 Å². The highest BCUT2D eigenvalue weighted by Crippen LogP contribution is 2.25. The molecule has 1 aliphatic carbocycles. The maximum absolute atomic E-state index is 12.0. The molecular weight excluding hydrogens is 252 g/mol. The maximum atomic E-state index is 12.0. The minimum Gasteiger partial charge on any atom is -0.344 e. The van der Waals surface area contributed by atoms with Crippen molar-refractivity contribution < 1.29 is 13.2 Å². The number of carbonyl (C=O) groups is 1. The van der Waals surface area contributed by atoms with E-state index in [0.717, 1.165) is 12.8 Å². The van der Waals surface area contributed by atoms with Gasteiger partial charge in [-0.05, 0) is 25.2 Å². The van der Waals surface area contributed by atoms with Crippen molar-refractivity contribution in [1.29, 1.82) is 0 Å². The number of amides is 1. The van der Waals surface area contributed by atoms with Crippen LogP contribution in [0.5, 0.6) is 0 Å². The smallest absolute Gasteiger partial charge is 0.239 e. The van der Waals surface area contributed by atoms with Crippen molar-refractivity contribution in [1.82, 2.24) is 4.90 Å². The highest BCUT2D eigenvalue weighted by atomic mass is 32.2. The first-order chi connectivity index (χ1) is 8.29. The van der Waals surface area contributed by atoms with Crippen LogP contribution < -0.4 is 5.73 Å². The molecule has 1 saturated carbocycles. The van der Waals surface area contributed by atoms with E-state index in [2.05, 4.69) is 0 Å². The summed E-state index contributed by atoms with van der Waals surface area (Å²) in [6.07, 6.45) is 6.20. The minimum absolute atomic E-state index is 0.0306. The number of nitrogens with zero attached hydrogens (tertiary/aromatic N) is 1. The third kappa shape index (κ3) is 5.35. The molecule has 1 fully saturated rings. The molecule has 1 amide bonds. The van der Waals surface area contributed by atoms with Gasteiger partial charge in [-0.15, -0.1) is 0 Å². The summed E-state index contributed by atoms with van der Waals surface area (Å²) in [6.45, 7) is 0.741. The van der Waals surface area contributed by atoms with Gasteiger partial charge in [-0.25, -0.2) is 8.42 Å². The molecular formula is C12H24N2O3S. The lowest BCUT2D eigenvalue weighted by molar-refractivity contribution is -0.131. The lowest BCUT2D eigenvalue weighted by Crippen LogP contribution is -2.44. The van der Waals surface area contributed by atoms with Gasteiger partial charge >= 0.3 is 0 Å². The molecule has 1 rings (SSSR count). The molecule has 2 N–H and O–H groups in total. The quantitative estimate of drug-likeness (QED) is 0.761. The van der Waals surface area contributed by atoms with Crippen LogP contribution >= 0.6 is 0 Å². The van der Waals surface area contributed by atoms with E-state index in [0.29, 0.717) is 5.92 Å². The van der Waals surface area contributed by atoms with Crippen LogP contribution in [0.15, 0.2) is 0 Å². The predicted octanol–water partition coefficient (Wildman–Crippen LogP) is 0.397. The van der Waals surface area contributed by atoms with Crippen LogP contribution in [0.3, 0.4) is 0 Å². The zero-order valence-corrected chi connectivity index (χ0v) is 12.1. The van der Waals surface area contributed by atoms with Crippen LogP contribution in [0.1, 0.15) is 32.1 Å². The molecule has 0 aromatic carbocycles. The lowest BCUT2D eigenvalue weighted by atomic mass is 10.1. The van der Waals surface area contributed by atoms with Crippen molar-refractivity contribution in [2.45, 2.75) is 38.1 Å². The molecule has 0 aliphatic heterocycles. The highest BCUT2D eigenvalue weighted by molar-refractivity contribution is 7.90. The van der Waals surface area contributed by atoms with E-state index in [4.69, 9.17) is 5.73 Å². The molecule has 0 heterocycles. The van der Waals surface area contributed by atoms with Gasteiger partial charge in [0, 0.05) is 19.8 Å². The Hall–Kier alpha value is -0.620. The normalized spacial score (nSPS) is 18.8. The summed E-state index contributed by atoms with van der Waals surface area (Å²) in [5.74, 6) is 0.406. The monoisotopic (exact) mass is 276 g/mol. The molecule has 5 nitrogen and oxygen atoms in total. The van der Waals surface area contributed by atoms with E-state index in [1.807, 2.05) is 0 Å². The molecule has 0 aromatic heterocycles. The first-order valence-corrected chi connectivity index (χ1v) is 8.54. The third-order valence-corrected chi connectivity index (χ3v) is 4.48. The molecule has 1 aliphatic rings. The average Bonchev–Trinajstić information content (AvgIpc) is 2.76. The van der Waals surface area contributed by atoms with E-state index in [1.165, 1.54) is 25.7 Å². The van der Waals surface area contributed by atoms with Crippen LogP contribution in [-0.2, 0) is 14.6 Å². The molecule has 0 saturated heterocycles. The standard InChI is InChI=1S/C12H24N2O3S/c1-14(9-10-5-3-4-6-10)12(15)11(13)7-8-18(2,16)17/h10-11H,3-9,13H2,1-2H3. The molecule has 106 valence electrons. The molecule has 1 atom stereocenters. The Balaban J connectivity index is 2.37. The topological polar surface area (TPSA) is 80.5 Å². The summed E-state index contributed by atoms with van der Waals surface area (Å²) in [7, 11) is -1.30. The van der Waals surface area contributed by atoms with Crippen molar-refractivity contribution in [2.24, 2.45) is 11.7 Å². The van der Waals surface area contributed by atoms with E-state index >= 15 is 0 Å². The third-order valence-electron chi connectivity index (χ3n) is 3.50. The number of carbonyl (C=O) groups excluding carboxylic acids is 1. The minimum atomic E-state index is -3.05. The van der Waals surface area contributed by atoms with Crippen molar-refractivity contribution in [3.8, 4) is 0 Å². The van der Waals surface area contributed by atoms with Gasteiger partial charge < -0.3 is 10.6 Å². The molecule has 0 bridgehead atoms. The predicted molar refractivity (Wildman–Crippen MR) is 71.9 cm³/mol. The van der Waals surface area contributed by atoms with Gasteiger partial charge in [0.1, 0.15) is 9.84 Å². The fraction of sp³-hybridized carbons (Fsp3) is 0.917. The van der Waals surface area contributed by atoms with Gasteiger partial charge in [0.05, 0.1) is 11.8 Å². The van der Waals surface area contributed by atoms with Gasteiger partial charge in [-0.2, -0.15) is 0 Å². The molecule has 6 heteroatoms. The second-order valence-corrected chi connectivity index (χ2v) is 7.65. The Kier molecular flexibility index (Phi) is 5.59. The largest absolute Gasteiger partial charge is 0.344 e. The highest BCUT2D eigenvalue weighted by Gasteiger charge is 2.23. The molecule has 0 aromatic rings. The van der Waals surface area contributed by atoms with Gasteiger partial charge in [-0.3, -0.25) is 4.79 Å². The van der Waals surface area contributed by atoms with Crippen molar-refractivity contribution >= 4 is 15.7 Å². The number of hydrogen-bond donors (Lipinski definition) is 1. The van der Waals surface area contributed by atoms with E-state index in [-0.39, 0.29) is 18.1 Å². The van der Waals surface area contributed by atoms with E-state index < -0.39 is 15.9 Å². The van der Waals surface area contributed by atoms with Gasteiger partial charge in [0.25, 0.3) is 0 Å². The van der Waals surface area contributed by atoms with E-state index in [9.17, 15) is 13.2 Å². The first kappa shape index (κ1) is 15.4. The number of nitrogens with two attached hydrogens (primary N) is 1. The van der Waals surface area contributed by atoms with Crippen LogP contribution in [0.4, 0.5) is 0 Å². The molecule has 18 heavy (non-hydrogen) atoms. The molecule has 1 unspecified atom stereocenters. The number of likely N-dealkylation sites (N-methyl/N-ethyl adjacent to an activating group) is 1. The SMILES string of the molecule is CN(CC1CCCC1)C(=O)C(N)CCS(C)(=O)=O. The van der Waals surface area contributed by atoms with E-state index in [1.54, 1.807) is 11.9 Å². The Morgan fingerprint density at radius 2 is 1.94 bits per heavy atom. The summed E-state index contributed by atoms with van der Waals surface area (Å²) in [4.78, 5) is 13.6. The number of rotatable bonds is 6. The number of sulfone groups is 1. The summed E-state index contributed by atoms with van der Waals surface area (Å²) < 4.78 is 22.1. The number of hydrogen-bond acceptors (Lipinski definition) is 4. The van der Waals surface area contributed by atoms with Gasteiger partial charge in [0.15, 0.2) is 0 Å². The second-order valence-electron chi connectivity index (χ2n) is 5.39. The molecule has 0 radical (unpaired) electrons. The van der Waals surface area contributed by atoms with Crippen LogP contribution in [0.2, 0.25) is 0 Å². The zero-order chi connectivity index (χ0) is 13.8. The van der Waals surface area contributed by atoms with Crippen molar-refractivity contribution in [3.05, 3.63) is 0 Å². The maximum Gasteiger partial charge on any atom is 0.239 e. The Labute approximate surface area is 110 Å². The van der Waals surface area contributed by atoms with Gasteiger partial charge in [0.2, 0.25) is 5.91 Å². The summed E-state index contributed by atoms with van der Waals surface area (Å²) in [5.41, 5.74) is 5.74. The fourth-order valence-corrected chi connectivity index (χ4v) is 3.10. The summed E-state index contributed by atoms with van der Waals surface area (Å²) >= 11 is 0. The summed E-state index contributed by atoms with van der Waals surface area (Å²) in [6, 6.07) is -0.703. The Bertz CT molecular complexity index is 375. The average molecular weight is 276 g/mol. The van der Waals surface area contributed by atoms with Crippen molar-refractivity contribution in [3.63, 3.8) is 0 Å².